The van der Waals surface area contributed by atoms with Crippen molar-refractivity contribution in [1.82, 2.24) is 10.2 Å². The first-order chi connectivity index (χ1) is 10.2. The highest BCUT2D eigenvalue weighted by molar-refractivity contribution is 5.82. The van der Waals surface area contributed by atoms with Gasteiger partial charge in [0, 0.05) is 5.39 Å². The van der Waals surface area contributed by atoms with E-state index in [0.29, 0.717) is 0 Å². The van der Waals surface area contributed by atoms with Crippen LogP contribution in [-0.2, 0) is 0 Å². The summed E-state index contributed by atoms with van der Waals surface area (Å²) in [5.41, 5.74) is 5.72. The van der Waals surface area contributed by atoms with Gasteiger partial charge < -0.3 is 0 Å². The number of aromatic nitrogens is 2. The number of nitrogens with zero attached hydrogens (tertiary/aromatic N) is 1. The van der Waals surface area contributed by atoms with Crippen LogP contribution in [0.15, 0.2) is 67.9 Å². The fourth-order valence-electron chi connectivity index (χ4n) is 2.43. The van der Waals surface area contributed by atoms with Gasteiger partial charge in [-0.2, -0.15) is 5.10 Å². The van der Waals surface area contributed by atoms with Crippen LogP contribution in [0, 0.1) is 0 Å². The molecule has 0 bridgehead atoms. The summed E-state index contributed by atoms with van der Waals surface area (Å²) >= 11 is 0. The predicted octanol–water partition coefficient (Wildman–Crippen LogP) is 5.07. The third-order valence-corrected chi connectivity index (χ3v) is 3.76. The standard InChI is InChI=1S/C19H18N2/c1-14(16-6-4-3-5-7-16)8-9-15(2)17-10-11-19-18(12-17)13-20-21-19/h3-7,10-13H,1-2,8-9H2,(H,20,21). The number of allylic oxidation sites excluding steroid dienone is 2. The lowest BCUT2D eigenvalue weighted by Gasteiger charge is -2.09. The Kier molecular flexibility index (Phi) is 3.69. The van der Waals surface area contributed by atoms with Crippen molar-refractivity contribution >= 4 is 22.0 Å². The van der Waals surface area contributed by atoms with Gasteiger partial charge in [0.25, 0.3) is 0 Å². The molecule has 0 aliphatic carbocycles. The lowest BCUT2D eigenvalue weighted by molar-refractivity contribution is 1.09. The summed E-state index contributed by atoms with van der Waals surface area (Å²) in [7, 11) is 0. The van der Waals surface area contributed by atoms with Gasteiger partial charge in [0.1, 0.15) is 0 Å². The maximum atomic E-state index is 4.21. The summed E-state index contributed by atoms with van der Waals surface area (Å²) in [5, 5.41) is 8.13. The van der Waals surface area contributed by atoms with Crippen molar-refractivity contribution in [3.63, 3.8) is 0 Å². The lowest BCUT2D eigenvalue weighted by atomic mass is 9.96. The summed E-state index contributed by atoms with van der Waals surface area (Å²) in [6.07, 6.45) is 3.68. The zero-order valence-corrected chi connectivity index (χ0v) is 12.0. The second-order valence-corrected chi connectivity index (χ2v) is 5.25. The van der Waals surface area contributed by atoms with E-state index in [1.165, 1.54) is 11.1 Å². The van der Waals surface area contributed by atoms with E-state index in [2.05, 4.69) is 53.7 Å². The highest BCUT2D eigenvalue weighted by Crippen LogP contribution is 2.26. The minimum Gasteiger partial charge on any atom is -0.278 e. The molecule has 0 radical (unpaired) electrons. The van der Waals surface area contributed by atoms with E-state index in [1.807, 2.05) is 24.4 Å². The van der Waals surface area contributed by atoms with Crippen LogP contribution in [0.4, 0.5) is 0 Å². The molecule has 0 fully saturated rings. The van der Waals surface area contributed by atoms with Gasteiger partial charge in [-0.25, -0.2) is 0 Å². The second-order valence-electron chi connectivity index (χ2n) is 5.25. The van der Waals surface area contributed by atoms with Gasteiger partial charge in [-0.15, -0.1) is 0 Å². The molecule has 0 aliphatic heterocycles. The molecule has 0 saturated carbocycles. The first-order valence-electron chi connectivity index (χ1n) is 7.08. The maximum absolute atomic E-state index is 4.21. The van der Waals surface area contributed by atoms with E-state index in [9.17, 15) is 0 Å². The van der Waals surface area contributed by atoms with Gasteiger partial charge in [-0.05, 0) is 47.2 Å². The van der Waals surface area contributed by atoms with Crippen molar-refractivity contribution < 1.29 is 0 Å². The number of nitrogens with one attached hydrogen (secondary N) is 1. The first-order valence-corrected chi connectivity index (χ1v) is 7.08. The highest BCUT2D eigenvalue weighted by atomic mass is 15.1. The molecule has 2 heteroatoms. The number of benzene rings is 2. The molecule has 104 valence electrons. The monoisotopic (exact) mass is 274 g/mol. The second kappa shape index (κ2) is 5.80. The summed E-state index contributed by atoms with van der Waals surface area (Å²) in [5.74, 6) is 0. The highest BCUT2D eigenvalue weighted by Gasteiger charge is 2.04. The van der Waals surface area contributed by atoms with Gasteiger partial charge in [0.2, 0.25) is 0 Å². The Balaban J connectivity index is 1.67. The van der Waals surface area contributed by atoms with E-state index in [1.54, 1.807) is 0 Å². The fraction of sp³-hybridized carbons (Fsp3) is 0.105. The summed E-state index contributed by atoms with van der Waals surface area (Å²) in [6.45, 7) is 8.39. The third kappa shape index (κ3) is 2.95. The van der Waals surface area contributed by atoms with Crippen LogP contribution < -0.4 is 0 Å². The Bertz CT molecular complexity index is 781. The Morgan fingerprint density at radius 1 is 0.905 bits per heavy atom. The average Bonchev–Trinajstić information content (AvgIpc) is 3.00. The zero-order chi connectivity index (χ0) is 14.7. The predicted molar refractivity (Wildman–Crippen MR) is 89.8 cm³/mol. The van der Waals surface area contributed by atoms with E-state index in [-0.39, 0.29) is 0 Å². The lowest BCUT2D eigenvalue weighted by Crippen LogP contribution is -1.87. The van der Waals surface area contributed by atoms with Crippen molar-refractivity contribution in [2.75, 3.05) is 0 Å². The minimum atomic E-state index is 0.914. The SMILES string of the molecule is C=C(CCC(=C)c1ccc2[nH]ncc2c1)c1ccccc1. The van der Waals surface area contributed by atoms with Crippen LogP contribution in [0.25, 0.3) is 22.0 Å². The van der Waals surface area contributed by atoms with Crippen LogP contribution in [0.2, 0.25) is 0 Å². The molecule has 3 aromatic rings. The molecule has 3 rings (SSSR count). The number of aromatic amines is 1. The van der Waals surface area contributed by atoms with Crippen molar-refractivity contribution in [3.8, 4) is 0 Å². The van der Waals surface area contributed by atoms with E-state index >= 15 is 0 Å². The van der Waals surface area contributed by atoms with Gasteiger partial charge in [0.05, 0.1) is 11.7 Å². The van der Waals surface area contributed by atoms with Crippen LogP contribution in [0.1, 0.15) is 24.0 Å². The largest absolute Gasteiger partial charge is 0.278 e. The van der Waals surface area contributed by atoms with E-state index in [0.717, 1.165) is 34.9 Å². The molecule has 0 unspecified atom stereocenters. The molecule has 2 nitrogen and oxygen atoms in total. The zero-order valence-electron chi connectivity index (χ0n) is 12.0. The molecule has 1 aromatic heterocycles. The van der Waals surface area contributed by atoms with Crippen molar-refractivity contribution in [1.29, 1.82) is 0 Å². The average molecular weight is 274 g/mol. The van der Waals surface area contributed by atoms with Gasteiger partial charge in [-0.1, -0.05) is 49.6 Å². The topological polar surface area (TPSA) is 28.7 Å². The fourth-order valence-corrected chi connectivity index (χ4v) is 2.43. The molecule has 0 atom stereocenters. The Morgan fingerprint density at radius 2 is 1.62 bits per heavy atom. The molecule has 0 amide bonds. The van der Waals surface area contributed by atoms with Crippen LogP contribution in [-0.4, -0.2) is 10.2 Å². The van der Waals surface area contributed by atoms with Crippen molar-refractivity contribution in [2.24, 2.45) is 0 Å². The molecule has 1 N–H and O–H groups in total. The number of hydrogen-bond acceptors (Lipinski definition) is 1. The minimum absolute atomic E-state index is 0.914. The molecule has 1 heterocycles. The number of H-pyrrole nitrogens is 1. The molecule has 0 saturated heterocycles. The van der Waals surface area contributed by atoms with Gasteiger partial charge in [-0.3, -0.25) is 5.10 Å². The van der Waals surface area contributed by atoms with Gasteiger partial charge in [0.15, 0.2) is 0 Å². The Morgan fingerprint density at radius 3 is 2.38 bits per heavy atom. The molecular formula is C19H18N2. The molecule has 0 aliphatic rings. The normalized spacial score (nSPS) is 10.7. The smallest absolute Gasteiger partial charge is 0.0650 e. The number of rotatable bonds is 5. The van der Waals surface area contributed by atoms with E-state index in [4.69, 9.17) is 0 Å². The maximum Gasteiger partial charge on any atom is 0.0650 e. The van der Waals surface area contributed by atoms with Crippen LogP contribution in [0.5, 0.6) is 0 Å². The van der Waals surface area contributed by atoms with E-state index < -0.39 is 0 Å². The first kappa shape index (κ1) is 13.4. The number of fused-ring (bicyclic) bond motifs is 1. The number of hydrogen-bond donors (Lipinski definition) is 1. The van der Waals surface area contributed by atoms with Crippen molar-refractivity contribution in [2.45, 2.75) is 12.8 Å². The molecule has 21 heavy (non-hydrogen) atoms. The Labute approximate surface area is 124 Å². The summed E-state index contributed by atoms with van der Waals surface area (Å²) in [6, 6.07) is 16.6. The third-order valence-electron chi connectivity index (χ3n) is 3.76. The van der Waals surface area contributed by atoms with Crippen molar-refractivity contribution in [3.05, 3.63) is 79.0 Å². The Hall–Kier alpha value is -2.61. The summed E-state index contributed by atoms with van der Waals surface area (Å²) in [4.78, 5) is 0. The molecule has 2 aromatic carbocycles. The van der Waals surface area contributed by atoms with Gasteiger partial charge >= 0.3 is 0 Å². The summed E-state index contributed by atoms with van der Waals surface area (Å²) < 4.78 is 0. The molecule has 0 spiro atoms. The van der Waals surface area contributed by atoms with Crippen LogP contribution in [0.3, 0.4) is 0 Å². The van der Waals surface area contributed by atoms with Crippen LogP contribution >= 0.6 is 0 Å². The molecular weight excluding hydrogens is 256 g/mol. The quantitative estimate of drug-likeness (QED) is 0.691.